The predicted octanol–water partition coefficient (Wildman–Crippen LogP) is 5.52. The fraction of sp³-hybridized carbons (Fsp3) is 0.462. The monoisotopic (exact) mass is 389 g/mol. The molecule has 1 aromatic rings. The van der Waals surface area contributed by atoms with Crippen molar-refractivity contribution < 1.29 is 9.59 Å². The van der Waals surface area contributed by atoms with Crippen molar-refractivity contribution in [2.75, 3.05) is 6.54 Å². The molecular formula is C26H31NO2. The molecule has 3 aliphatic rings. The van der Waals surface area contributed by atoms with Gasteiger partial charge in [0, 0.05) is 6.54 Å². The Balaban J connectivity index is 1.47. The fourth-order valence-corrected chi connectivity index (χ4v) is 5.60. The molecule has 0 spiro atoms. The zero-order valence-electron chi connectivity index (χ0n) is 17.3. The number of carbonyl (C=O) groups excluding carboxylic acids is 2. The normalized spacial score (nSPS) is 34.2. The lowest BCUT2D eigenvalue weighted by molar-refractivity contribution is 0.0622. The molecule has 1 aromatic carbocycles. The van der Waals surface area contributed by atoms with Crippen molar-refractivity contribution in [2.24, 2.45) is 35.5 Å². The highest BCUT2D eigenvalue weighted by atomic mass is 16.2. The Kier molecular flexibility index (Phi) is 5.58. The van der Waals surface area contributed by atoms with Crippen LogP contribution < -0.4 is 0 Å². The second-order valence-electron chi connectivity index (χ2n) is 9.15. The maximum absolute atomic E-state index is 12.8. The van der Waals surface area contributed by atoms with Crippen molar-refractivity contribution in [1.82, 2.24) is 4.90 Å². The summed E-state index contributed by atoms with van der Waals surface area (Å²) in [5.41, 5.74) is 1.08. The molecule has 3 nitrogen and oxygen atoms in total. The zero-order chi connectivity index (χ0) is 20.5. The topological polar surface area (TPSA) is 37.4 Å². The third-order valence-electron chi connectivity index (χ3n) is 7.33. The summed E-state index contributed by atoms with van der Waals surface area (Å²) in [5.74, 6) is 2.77. The number of allylic oxidation sites excluding steroid dienone is 4. The van der Waals surface area contributed by atoms with Crippen molar-refractivity contribution in [3.05, 3.63) is 72.9 Å². The van der Waals surface area contributed by atoms with Gasteiger partial charge < -0.3 is 0 Å². The Morgan fingerprint density at radius 3 is 2.14 bits per heavy atom. The molecule has 2 aliphatic carbocycles. The van der Waals surface area contributed by atoms with E-state index in [4.69, 9.17) is 0 Å². The van der Waals surface area contributed by atoms with Crippen LogP contribution in [0.25, 0.3) is 0 Å². The molecule has 1 aliphatic heterocycles. The first-order chi connectivity index (χ1) is 14.0. The first kappa shape index (κ1) is 19.9. The van der Waals surface area contributed by atoms with Crippen LogP contribution in [0.5, 0.6) is 0 Å². The van der Waals surface area contributed by atoms with Gasteiger partial charge in [-0.3, -0.25) is 14.5 Å². The second kappa shape index (κ2) is 8.14. The van der Waals surface area contributed by atoms with E-state index in [1.807, 2.05) is 18.2 Å². The molecule has 1 heterocycles. The maximum atomic E-state index is 12.8. The van der Waals surface area contributed by atoms with Crippen molar-refractivity contribution >= 4 is 11.8 Å². The summed E-state index contributed by atoms with van der Waals surface area (Å²) in [4.78, 5) is 27.0. The number of hydrogen-bond acceptors (Lipinski definition) is 2. The molecule has 2 fully saturated rings. The largest absolute Gasteiger partial charge is 0.274 e. The third kappa shape index (κ3) is 3.75. The zero-order valence-corrected chi connectivity index (χ0v) is 17.3. The molecule has 6 unspecified atom stereocenters. The smallest absolute Gasteiger partial charge is 0.261 e. The number of fused-ring (bicyclic) bond motifs is 1. The van der Waals surface area contributed by atoms with Crippen LogP contribution in [0.2, 0.25) is 0 Å². The van der Waals surface area contributed by atoms with Crippen LogP contribution in [0.3, 0.4) is 0 Å². The Morgan fingerprint density at radius 2 is 1.55 bits per heavy atom. The van der Waals surface area contributed by atoms with E-state index in [9.17, 15) is 9.59 Å². The summed E-state index contributed by atoms with van der Waals surface area (Å²) in [7, 11) is 0. The van der Waals surface area contributed by atoms with E-state index >= 15 is 0 Å². The predicted molar refractivity (Wildman–Crippen MR) is 116 cm³/mol. The summed E-state index contributed by atoms with van der Waals surface area (Å²) >= 11 is 0. The fourth-order valence-electron chi connectivity index (χ4n) is 5.60. The molecule has 6 atom stereocenters. The summed E-state index contributed by atoms with van der Waals surface area (Å²) in [5, 5.41) is 0. The molecule has 152 valence electrons. The van der Waals surface area contributed by atoms with E-state index in [1.54, 1.807) is 12.1 Å². The van der Waals surface area contributed by atoms with E-state index < -0.39 is 0 Å². The van der Waals surface area contributed by atoms with Gasteiger partial charge in [-0.2, -0.15) is 0 Å². The Labute approximate surface area is 174 Å². The van der Waals surface area contributed by atoms with Gasteiger partial charge in [-0.05, 0) is 73.3 Å². The Morgan fingerprint density at radius 1 is 0.897 bits per heavy atom. The van der Waals surface area contributed by atoms with Crippen molar-refractivity contribution in [3.8, 4) is 0 Å². The van der Waals surface area contributed by atoms with Gasteiger partial charge in [-0.15, -0.1) is 13.2 Å². The summed E-state index contributed by atoms with van der Waals surface area (Å²) < 4.78 is 0. The molecule has 0 N–H and O–H groups in total. The van der Waals surface area contributed by atoms with E-state index in [-0.39, 0.29) is 11.8 Å². The van der Waals surface area contributed by atoms with Crippen LogP contribution >= 0.6 is 0 Å². The van der Waals surface area contributed by atoms with Crippen LogP contribution in [0.15, 0.2) is 61.7 Å². The van der Waals surface area contributed by atoms with Crippen LogP contribution in [0, 0.1) is 35.5 Å². The highest BCUT2D eigenvalue weighted by Crippen LogP contribution is 2.42. The number of rotatable bonds is 6. The molecule has 0 aromatic heterocycles. The number of nitrogens with zero attached hydrogens (tertiary/aromatic N) is 1. The van der Waals surface area contributed by atoms with Gasteiger partial charge in [0.25, 0.3) is 11.8 Å². The van der Waals surface area contributed by atoms with Crippen molar-refractivity contribution in [3.63, 3.8) is 0 Å². The van der Waals surface area contributed by atoms with Gasteiger partial charge >= 0.3 is 0 Å². The lowest BCUT2D eigenvalue weighted by Crippen LogP contribution is -2.35. The van der Waals surface area contributed by atoms with Crippen LogP contribution in [-0.2, 0) is 0 Å². The number of benzene rings is 1. The highest BCUT2D eigenvalue weighted by Gasteiger charge is 2.40. The molecule has 0 bridgehead atoms. The van der Waals surface area contributed by atoms with Gasteiger partial charge in [-0.25, -0.2) is 0 Å². The molecule has 0 saturated heterocycles. The second-order valence-corrected chi connectivity index (χ2v) is 9.15. The summed E-state index contributed by atoms with van der Waals surface area (Å²) in [6.07, 6.45) is 13.3. The molecule has 0 radical (unpaired) electrons. The van der Waals surface area contributed by atoms with Crippen molar-refractivity contribution in [1.29, 1.82) is 0 Å². The Hall–Kier alpha value is -2.42. The van der Waals surface area contributed by atoms with Crippen LogP contribution in [-0.4, -0.2) is 23.3 Å². The van der Waals surface area contributed by atoms with Gasteiger partial charge in [0.1, 0.15) is 0 Å². The van der Waals surface area contributed by atoms with Gasteiger partial charge in [-0.1, -0.05) is 43.4 Å². The van der Waals surface area contributed by atoms with E-state index in [0.717, 1.165) is 12.8 Å². The number of carbonyl (C=O) groups is 2. The SMILES string of the molecule is C=CC1CC(/C=C\C2CC(C)C(C=C)C2)C(CN2C(=O)c3ccccc3C2=O)C1. The molecule has 2 amide bonds. The highest BCUT2D eigenvalue weighted by molar-refractivity contribution is 6.21. The minimum atomic E-state index is -0.145. The van der Waals surface area contributed by atoms with Crippen LogP contribution in [0.4, 0.5) is 0 Å². The molecule has 2 saturated carbocycles. The summed E-state index contributed by atoms with van der Waals surface area (Å²) in [6, 6.07) is 7.15. The van der Waals surface area contributed by atoms with Gasteiger partial charge in [0.15, 0.2) is 0 Å². The lowest BCUT2D eigenvalue weighted by atomic mass is 9.93. The van der Waals surface area contributed by atoms with Gasteiger partial charge in [0.2, 0.25) is 0 Å². The first-order valence-electron chi connectivity index (χ1n) is 10.9. The number of hydrogen-bond donors (Lipinski definition) is 0. The van der Waals surface area contributed by atoms with Gasteiger partial charge in [0.05, 0.1) is 11.1 Å². The first-order valence-corrected chi connectivity index (χ1v) is 10.9. The molecule has 4 rings (SSSR count). The third-order valence-corrected chi connectivity index (χ3v) is 7.33. The Bertz CT molecular complexity index is 819. The maximum Gasteiger partial charge on any atom is 0.261 e. The quantitative estimate of drug-likeness (QED) is 0.475. The van der Waals surface area contributed by atoms with E-state index in [2.05, 4.69) is 38.3 Å². The molecular weight excluding hydrogens is 358 g/mol. The minimum Gasteiger partial charge on any atom is -0.274 e. The van der Waals surface area contributed by atoms with Crippen LogP contribution in [0.1, 0.15) is 53.3 Å². The standard InChI is InChI=1S/C26H31NO2/c1-4-18-13-21(11-10-19-12-17(3)20(5-2)15-19)22(14-18)16-27-25(28)23-8-6-7-9-24(23)26(27)29/h4-11,17-22H,1-2,12-16H2,3H3/b11-10-. The lowest BCUT2D eigenvalue weighted by Gasteiger charge is -2.22. The average molecular weight is 390 g/mol. The molecule has 29 heavy (non-hydrogen) atoms. The number of imide groups is 1. The summed E-state index contributed by atoms with van der Waals surface area (Å²) in [6.45, 7) is 10.8. The molecule has 3 heteroatoms. The van der Waals surface area contributed by atoms with E-state index in [0.29, 0.717) is 53.2 Å². The van der Waals surface area contributed by atoms with Crippen molar-refractivity contribution in [2.45, 2.75) is 32.6 Å². The average Bonchev–Trinajstić information content (AvgIpc) is 3.37. The minimum absolute atomic E-state index is 0.145. The van der Waals surface area contributed by atoms with E-state index in [1.165, 1.54) is 17.7 Å². The number of amides is 2.